The van der Waals surface area contributed by atoms with Crippen molar-refractivity contribution in [3.8, 4) is 0 Å². The van der Waals surface area contributed by atoms with E-state index in [-0.39, 0.29) is 18.4 Å². The largest absolute Gasteiger partial charge is 0.452 e. The summed E-state index contributed by atoms with van der Waals surface area (Å²) in [5.41, 5.74) is 2.59. The van der Waals surface area contributed by atoms with Crippen LogP contribution in [0.3, 0.4) is 0 Å². The molecule has 0 unspecified atom stereocenters. The Labute approximate surface area is 170 Å². The molecule has 0 aromatic heterocycles. The van der Waals surface area contributed by atoms with Gasteiger partial charge < -0.3 is 15.0 Å². The van der Waals surface area contributed by atoms with Crippen molar-refractivity contribution in [1.29, 1.82) is 0 Å². The number of esters is 1. The van der Waals surface area contributed by atoms with Crippen LogP contribution >= 0.6 is 0 Å². The van der Waals surface area contributed by atoms with Gasteiger partial charge in [0.2, 0.25) is 5.91 Å². The monoisotopic (exact) mass is 394 g/mol. The lowest BCUT2D eigenvalue weighted by Crippen LogP contribution is -2.46. The second-order valence-corrected chi connectivity index (χ2v) is 8.13. The van der Waals surface area contributed by atoms with Crippen LogP contribution in [0, 0.1) is 0 Å². The number of nitrogens with one attached hydrogen (secondary N) is 1. The fourth-order valence-electron chi connectivity index (χ4n) is 3.26. The van der Waals surface area contributed by atoms with Gasteiger partial charge in [0, 0.05) is 24.2 Å². The highest BCUT2D eigenvalue weighted by Crippen LogP contribution is 2.24. The molecule has 0 saturated carbocycles. The first-order chi connectivity index (χ1) is 13.7. The molecule has 0 fully saturated rings. The van der Waals surface area contributed by atoms with E-state index in [1.807, 2.05) is 51.1 Å². The molecule has 0 saturated heterocycles. The van der Waals surface area contributed by atoms with E-state index in [0.29, 0.717) is 24.9 Å². The number of amides is 2. The van der Waals surface area contributed by atoms with Gasteiger partial charge in [-0.3, -0.25) is 9.59 Å². The molecule has 1 N–H and O–H groups in total. The summed E-state index contributed by atoms with van der Waals surface area (Å²) in [4.78, 5) is 38.4. The predicted octanol–water partition coefficient (Wildman–Crippen LogP) is 3.56. The highest BCUT2D eigenvalue weighted by molar-refractivity contribution is 5.96. The molecule has 0 radical (unpaired) electrons. The first-order valence-electron chi connectivity index (χ1n) is 9.68. The summed E-state index contributed by atoms with van der Waals surface area (Å²) in [6, 6.07) is 14.7. The third-order valence-corrected chi connectivity index (χ3v) is 4.86. The van der Waals surface area contributed by atoms with E-state index in [1.54, 1.807) is 23.1 Å². The van der Waals surface area contributed by atoms with Crippen LogP contribution in [-0.4, -0.2) is 34.8 Å². The summed E-state index contributed by atoms with van der Waals surface area (Å²) < 4.78 is 5.30. The van der Waals surface area contributed by atoms with Crippen LogP contribution in [-0.2, 0) is 27.3 Å². The number of ether oxygens (including phenoxy) is 1. The molecule has 29 heavy (non-hydrogen) atoms. The third kappa shape index (κ3) is 5.22. The summed E-state index contributed by atoms with van der Waals surface area (Å²) in [6.07, 6.45) is 0.972. The van der Waals surface area contributed by atoms with Crippen LogP contribution in [0.1, 0.15) is 48.7 Å². The van der Waals surface area contributed by atoms with Gasteiger partial charge in [-0.1, -0.05) is 30.3 Å². The molecule has 152 valence electrons. The summed E-state index contributed by atoms with van der Waals surface area (Å²) in [5.74, 6) is -0.828. The van der Waals surface area contributed by atoms with E-state index in [2.05, 4.69) is 5.32 Å². The number of benzene rings is 2. The normalized spacial score (nSPS) is 13.3. The van der Waals surface area contributed by atoms with Gasteiger partial charge in [-0.05, 0) is 56.5 Å². The average molecular weight is 394 g/mol. The van der Waals surface area contributed by atoms with Crippen molar-refractivity contribution in [1.82, 2.24) is 4.90 Å². The second kappa shape index (κ2) is 8.47. The Hall–Kier alpha value is -3.15. The SMILES string of the molecule is CC(C)(C)N(Cc1ccccc1)C(=O)COC(=O)c1ccc2c(c1)CCC(=O)N2. The fourth-order valence-corrected chi connectivity index (χ4v) is 3.26. The number of rotatable bonds is 5. The second-order valence-electron chi connectivity index (χ2n) is 8.13. The minimum Gasteiger partial charge on any atom is -0.452 e. The molecule has 0 bridgehead atoms. The van der Waals surface area contributed by atoms with Gasteiger partial charge in [0.1, 0.15) is 0 Å². The Morgan fingerprint density at radius 1 is 1.07 bits per heavy atom. The maximum Gasteiger partial charge on any atom is 0.338 e. The van der Waals surface area contributed by atoms with Gasteiger partial charge in [0.25, 0.3) is 5.91 Å². The summed E-state index contributed by atoms with van der Waals surface area (Å²) in [5, 5.41) is 2.78. The number of nitrogens with zero attached hydrogens (tertiary/aromatic N) is 1. The van der Waals surface area contributed by atoms with E-state index in [4.69, 9.17) is 4.74 Å². The van der Waals surface area contributed by atoms with E-state index < -0.39 is 11.5 Å². The first kappa shape index (κ1) is 20.6. The van der Waals surface area contributed by atoms with Crippen molar-refractivity contribution in [2.24, 2.45) is 0 Å². The van der Waals surface area contributed by atoms with Crippen LogP contribution in [0.15, 0.2) is 48.5 Å². The number of fused-ring (bicyclic) bond motifs is 1. The van der Waals surface area contributed by atoms with Crippen molar-refractivity contribution < 1.29 is 19.1 Å². The molecule has 3 rings (SSSR count). The smallest absolute Gasteiger partial charge is 0.338 e. The van der Waals surface area contributed by atoms with E-state index >= 15 is 0 Å². The molecule has 1 aliphatic rings. The van der Waals surface area contributed by atoms with E-state index in [0.717, 1.165) is 16.8 Å². The lowest BCUT2D eigenvalue weighted by Gasteiger charge is -2.35. The van der Waals surface area contributed by atoms with Crippen molar-refractivity contribution in [3.05, 3.63) is 65.2 Å². The van der Waals surface area contributed by atoms with Crippen molar-refractivity contribution in [2.75, 3.05) is 11.9 Å². The third-order valence-electron chi connectivity index (χ3n) is 4.86. The Balaban J connectivity index is 1.65. The molecule has 1 heterocycles. The van der Waals surface area contributed by atoms with Gasteiger partial charge in [-0.25, -0.2) is 4.79 Å². The number of carbonyl (C=O) groups excluding carboxylic acids is 3. The van der Waals surface area contributed by atoms with E-state index in [1.165, 1.54) is 0 Å². The quantitative estimate of drug-likeness (QED) is 0.787. The van der Waals surface area contributed by atoms with Crippen LogP contribution < -0.4 is 5.32 Å². The van der Waals surface area contributed by atoms with Gasteiger partial charge in [-0.2, -0.15) is 0 Å². The number of hydrogen-bond acceptors (Lipinski definition) is 4. The van der Waals surface area contributed by atoms with Gasteiger partial charge >= 0.3 is 5.97 Å². The molecular weight excluding hydrogens is 368 g/mol. The zero-order valence-electron chi connectivity index (χ0n) is 17.0. The Bertz CT molecular complexity index is 916. The number of aryl methyl sites for hydroxylation is 1. The molecule has 2 amide bonds. The summed E-state index contributed by atoms with van der Waals surface area (Å²) in [7, 11) is 0. The molecule has 6 heteroatoms. The minimum atomic E-state index is -0.549. The van der Waals surface area contributed by atoms with Crippen LogP contribution in [0.4, 0.5) is 5.69 Å². The van der Waals surface area contributed by atoms with Gasteiger partial charge in [0.05, 0.1) is 5.56 Å². The maximum atomic E-state index is 12.8. The Kier molecular flexibility index (Phi) is 6.01. The van der Waals surface area contributed by atoms with Crippen molar-refractivity contribution in [3.63, 3.8) is 0 Å². The van der Waals surface area contributed by atoms with Gasteiger partial charge in [-0.15, -0.1) is 0 Å². The molecule has 0 aliphatic carbocycles. The predicted molar refractivity (Wildman–Crippen MR) is 110 cm³/mol. The molecule has 2 aromatic rings. The highest BCUT2D eigenvalue weighted by atomic mass is 16.5. The van der Waals surface area contributed by atoms with Crippen LogP contribution in [0.25, 0.3) is 0 Å². The fraction of sp³-hybridized carbons (Fsp3) is 0.348. The molecule has 6 nitrogen and oxygen atoms in total. The lowest BCUT2D eigenvalue weighted by atomic mass is 10.0. The molecule has 1 aliphatic heterocycles. The number of carbonyl (C=O) groups is 3. The molecular formula is C23H26N2O4. The van der Waals surface area contributed by atoms with Crippen LogP contribution in [0.5, 0.6) is 0 Å². The topological polar surface area (TPSA) is 75.7 Å². The minimum absolute atomic E-state index is 0.0286. The molecule has 2 aromatic carbocycles. The standard InChI is InChI=1S/C23H26N2O4/c1-23(2,3)25(14-16-7-5-4-6-8-16)21(27)15-29-22(28)18-9-11-19-17(13-18)10-12-20(26)24-19/h4-9,11,13H,10,12,14-15H2,1-3H3,(H,24,26). The number of hydrogen-bond donors (Lipinski definition) is 1. The zero-order valence-corrected chi connectivity index (χ0v) is 17.0. The highest BCUT2D eigenvalue weighted by Gasteiger charge is 2.27. The number of anilines is 1. The average Bonchev–Trinajstić information content (AvgIpc) is 2.69. The summed E-state index contributed by atoms with van der Waals surface area (Å²) in [6.45, 7) is 5.98. The molecule has 0 atom stereocenters. The maximum absolute atomic E-state index is 12.8. The lowest BCUT2D eigenvalue weighted by molar-refractivity contribution is -0.140. The van der Waals surface area contributed by atoms with E-state index in [9.17, 15) is 14.4 Å². The van der Waals surface area contributed by atoms with Crippen molar-refractivity contribution in [2.45, 2.75) is 45.7 Å². The first-order valence-corrected chi connectivity index (χ1v) is 9.68. The van der Waals surface area contributed by atoms with Crippen molar-refractivity contribution >= 4 is 23.5 Å². The van der Waals surface area contributed by atoms with Gasteiger partial charge in [0.15, 0.2) is 6.61 Å². The zero-order chi connectivity index (χ0) is 21.0. The Morgan fingerprint density at radius 3 is 2.48 bits per heavy atom. The Morgan fingerprint density at radius 2 is 1.79 bits per heavy atom. The summed E-state index contributed by atoms with van der Waals surface area (Å²) >= 11 is 0. The van der Waals surface area contributed by atoms with Crippen LogP contribution in [0.2, 0.25) is 0 Å². The molecule has 0 spiro atoms.